The van der Waals surface area contributed by atoms with Crippen molar-refractivity contribution in [3.05, 3.63) is 0 Å². The van der Waals surface area contributed by atoms with Gasteiger partial charge in [0, 0.05) is 16.8 Å². The van der Waals surface area contributed by atoms with E-state index in [1.54, 1.807) is 0 Å². The molecule has 7 heteroatoms. The van der Waals surface area contributed by atoms with Crippen molar-refractivity contribution in [2.75, 3.05) is 20.3 Å². The van der Waals surface area contributed by atoms with Crippen molar-refractivity contribution in [2.24, 2.45) is 0 Å². The summed E-state index contributed by atoms with van der Waals surface area (Å²) in [7, 11) is -2.09. The predicted molar refractivity (Wildman–Crippen MR) is 109 cm³/mol. The van der Waals surface area contributed by atoms with Crippen LogP contribution in [0.25, 0.3) is 0 Å². The zero-order valence-electron chi connectivity index (χ0n) is 15.5. The molecule has 0 aromatic rings. The molecule has 2 atom stereocenters. The standard InChI is InChI=1S/C17H35Br2O4P/c1-4-6-8-10-12-16(18)14-22-24(20,21-3)23-15-17(19)13-11-9-7-5-2/h16-17H,4-15H2,1-3H3. The zero-order chi connectivity index (χ0) is 18.3. The van der Waals surface area contributed by atoms with Gasteiger partial charge in [0.05, 0.1) is 13.2 Å². The summed E-state index contributed by atoms with van der Waals surface area (Å²) < 4.78 is 28.3. The molecule has 0 aliphatic rings. The first-order valence-corrected chi connectivity index (χ1v) is 12.5. The van der Waals surface area contributed by atoms with E-state index in [0.717, 1.165) is 25.7 Å². The molecule has 0 aromatic heterocycles. The highest BCUT2D eigenvalue weighted by Gasteiger charge is 2.27. The maximum atomic E-state index is 12.4. The molecule has 0 saturated carbocycles. The minimum atomic E-state index is -3.46. The summed E-state index contributed by atoms with van der Waals surface area (Å²) in [5.41, 5.74) is 0. The van der Waals surface area contributed by atoms with Gasteiger partial charge in [0.1, 0.15) is 0 Å². The number of halogens is 2. The molecule has 0 spiro atoms. The highest BCUT2D eigenvalue weighted by atomic mass is 79.9. The first-order chi connectivity index (χ1) is 11.5. The molecule has 0 aromatic carbocycles. The third-order valence-electron chi connectivity index (χ3n) is 3.79. The molecule has 0 bridgehead atoms. The van der Waals surface area contributed by atoms with Gasteiger partial charge in [-0.2, -0.15) is 0 Å². The SMILES string of the molecule is CCCCCCC(Br)COP(=O)(OC)OCC(Br)CCCCCC. The summed E-state index contributed by atoms with van der Waals surface area (Å²) in [6, 6.07) is 0. The van der Waals surface area contributed by atoms with Crippen LogP contribution < -0.4 is 0 Å². The Morgan fingerprint density at radius 1 is 0.792 bits per heavy atom. The molecule has 0 radical (unpaired) electrons. The first-order valence-electron chi connectivity index (χ1n) is 9.20. The molecule has 0 heterocycles. The van der Waals surface area contributed by atoms with Gasteiger partial charge >= 0.3 is 7.82 Å². The second-order valence-corrected chi connectivity index (χ2v) is 10.5. The Labute approximate surface area is 165 Å². The molecule has 0 rings (SSSR count). The van der Waals surface area contributed by atoms with Crippen LogP contribution in [0.3, 0.4) is 0 Å². The predicted octanol–water partition coefficient (Wildman–Crippen LogP) is 7.24. The van der Waals surface area contributed by atoms with Gasteiger partial charge < -0.3 is 0 Å². The highest BCUT2D eigenvalue weighted by Crippen LogP contribution is 2.49. The number of rotatable bonds is 17. The lowest BCUT2D eigenvalue weighted by Crippen LogP contribution is -2.12. The topological polar surface area (TPSA) is 44.8 Å². The van der Waals surface area contributed by atoms with Gasteiger partial charge in [0.2, 0.25) is 0 Å². The van der Waals surface area contributed by atoms with E-state index in [1.807, 2.05) is 0 Å². The van der Waals surface area contributed by atoms with Crippen LogP contribution in [0.4, 0.5) is 0 Å². The number of unbranched alkanes of at least 4 members (excludes halogenated alkanes) is 6. The van der Waals surface area contributed by atoms with Crippen molar-refractivity contribution in [1.82, 2.24) is 0 Å². The maximum Gasteiger partial charge on any atom is 0.474 e. The maximum absolute atomic E-state index is 12.4. The Bertz CT molecular complexity index is 306. The van der Waals surface area contributed by atoms with Crippen molar-refractivity contribution < 1.29 is 18.1 Å². The average Bonchev–Trinajstić information content (AvgIpc) is 2.59. The number of phosphoric acid groups is 1. The van der Waals surface area contributed by atoms with E-state index in [2.05, 4.69) is 45.7 Å². The van der Waals surface area contributed by atoms with E-state index in [1.165, 1.54) is 45.6 Å². The molecular formula is C17H35Br2O4P. The van der Waals surface area contributed by atoms with E-state index in [0.29, 0.717) is 13.2 Å². The Balaban J connectivity index is 3.95. The lowest BCUT2D eigenvalue weighted by atomic mass is 10.1. The van der Waals surface area contributed by atoms with Crippen molar-refractivity contribution in [3.8, 4) is 0 Å². The Morgan fingerprint density at radius 3 is 1.54 bits per heavy atom. The molecule has 146 valence electrons. The molecule has 0 fully saturated rings. The Kier molecular flexibility index (Phi) is 17.0. The summed E-state index contributed by atoms with van der Waals surface area (Å²) in [5.74, 6) is 0. The molecular weight excluding hydrogens is 459 g/mol. The number of hydrogen-bond donors (Lipinski definition) is 0. The minimum Gasteiger partial charge on any atom is -0.290 e. The van der Waals surface area contributed by atoms with Gasteiger partial charge in [-0.1, -0.05) is 97.1 Å². The molecule has 0 aliphatic heterocycles. The van der Waals surface area contributed by atoms with Crippen LogP contribution in [0.15, 0.2) is 0 Å². The lowest BCUT2D eigenvalue weighted by Gasteiger charge is -2.19. The van der Waals surface area contributed by atoms with E-state index in [4.69, 9.17) is 13.6 Å². The number of phosphoric ester groups is 1. The summed E-state index contributed by atoms with van der Waals surface area (Å²) in [4.78, 5) is 0.352. The van der Waals surface area contributed by atoms with Gasteiger partial charge in [-0.3, -0.25) is 13.6 Å². The van der Waals surface area contributed by atoms with Gasteiger partial charge in [-0.15, -0.1) is 0 Å². The molecule has 4 nitrogen and oxygen atoms in total. The molecule has 2 unspecified atom stereocenters. The molecule has 0 N–H and O–H groups in total. The largest absolute Gasteiger partial charge is 0.474 e. The van der Waals surface area contributed by atoms with Crippen molar-refractivity contribution in [3.63, 3.8) is 0 Å². The Morgan fingerprint density at radius 2 is 1.21 bits per heavy atom. The fourth-order valence-corrected chi connectivity index (χ4v) is 4.57. The van der Waals surface area contributed by atoms with Crippen LogP contribution in [-0.2, 0) is 18.1 Å². The first kappa shape index (κ1) is 25.1. The second kappa shape index (κ2) is 16.3. The molecule has 24 heavy (non-hydrogen) atoms. The van der Waals surface area contributed by atoms with Gasteiger partial charge in [0.25, 0.3) is 0 Å². The smallest absolute Gasteiger partial charge is 0.290 e. The van der Waals surface area contributed by atoms with E-state index in [9.17, 15) is 4.57 Å². The van der Waals surface area contributed by atoms with Crippen LogP contribution >= 0.6 is 39.7 Å². The van der Waals surface area contributed by atoms with Crippen LogP contribution in [0.1, 0.15) is 78.1 Å². The monoisotopic (exact) mass is 492 g/mol. The van der Waals surface area contributed by atoms with Gasteiger partial charge in [0.15, 0.2) is 0 Å². The average molecular weight is 494 g/mol. The quantitative estimate of drug-likeness (QED) is 0.122. The highest BCUT2D eigenvalue weighted by molar-refractivity contribution is 9.09. The van der Waals surface area contributed by atoms with E-state index >= 15 is 0 Å². The normalized spacial score (nSPS) is 16.7. The van der Waals surface area contributed by atoms with Crippen LogP contribution in [0.5, 0.6) is 0 Å². The van der Waals surface area contributed by atoms with Gasteiger partial charge in [-0.05, 0) is 12.8 Å². The van der Waals surface area contributed by atoms with Crippen molar-refractivity contribution in [2.45, 2.75) is 87.7 Å². The van der Waals surface area contributed by atoms with Crippen LogP contribution in [0.2, 0.25) is 0 Å². The second-order valence-electron chi connectivity index (χ2n) is 6.11. The zero-order valence-corrected chi connectivity index (χ0v) is 19.5. The summed E-state index contributed by atoms with van der Waals surface area (Å²) in [6.07, 6.45) is 11.7. The third-order valence-corrected chi connectivity index (χ3v) is 6.61. The van der Waals surface area contributed by atoms with E-state index < -0.39 is 7.82 Å². The van der Waals surface area contributed by atoms with Crippen LogP contribution in [0, 0.1) is 0 Å². The molecule has 0 saturated heterocycles. The summed E-state index contributed by atoms with van der Waals surface area (Å²) in [6.45, 7) is 5.06. The van der Waals surface area contributed by atoms with E-state index in [-0.39, 0.29) is 9.65 Å². The van der Waals surface area contributed by atoms with Gasteiger partial charge in [-0.25, -0.2) is 4.57 Å². The molecule has 0 amide bonds. The van der Waals surface area contributed by atoms with Crippen molar-refractivity contribution in [1.29, 1.82) is 0 Å². The van der Waals surface area contributed by atoms with Crippen LogP contribution in [-0.4, -0.2) is 30.0 Å². The Hall–Kier alpha value is 1.07. The lowest BCUT2D eigenvalue weighted by molar-refractivity contribution is 0.131. The fraction of sp³-hybridized carbons (Fsp3) is 1.00. The van der Waals surface area contributed by atoms with Crippen molar-refractivity contribution >= 4 is 39.7 Å². The number of hydrogen-bond acceptors (Lipinski definition) is 4. The summed E-state index contributed by atoms with van der Waals surface area (Å²) >= 11 is 7.15. The summed E-state index contributed by atoms with van der Waals surface area (Å²) in [5, 5.41) is 0. The molecule has 0 aliphatic carbocycles. The number of alkyl halides is 2. The fourth-order valence-electron chi connectivity index (χ4n) is 2.24. The minimum absolute atomic E-state index is 0.176. The third kappa shape index (κ3) is 14.3.